The number of carbonyl (C=O) groups is 1. The molecule has 138 valence electrons. The van der Waals surface area contributed by atoms with Crippen LogP contribution in [0.5, 0.6) is 0 Å². The summed E-state index contributed by atoms with van der Waals surface area (Å²) in [5.41, 5.74) is 3.18. The van der Waals surface area contributed by atoms with Crippen molar-refractivity contribution >= 4 is 5.91 Å². The van der Waals surface area contributed by atoms with Gasteiger partial charge in [-0.25, -0.2) is 4.39 Å². The second kappa shape index (κ2) is 7.61. The normalized spacial score (nSPS) is 18.5. The van der Waals surface area contributed by atoms with Crippen LogP contribution in [0.25, 0.3) is 0 Å². The highest BCUT2D eigenvalue weighted by Gasteiger charge is 2.24. The molecular weight excluding hydrogens is 325 g/mol. The number of benzene rings is 2. The van der Waals surface area contributed by atoms with Crippen molar-refractivity contribution in [3.8, 4) is 0 Å². The molecule has 0 aliphatic carbocycles. The van der Waals surface area contributed by atoms with Gasteiger partial charge >= 0.3 is 0 Å². The van der Waals surface area contributed by atoms with E-state index >= 15 is 0 Å². The molecule has 1 aliphatic rings. The molecule has 2 nitrogen and oxygen atoms in total. The van der Waals surface area contributed by atoms with Crippen LogP contribution in [0.1, 0.15) is 67.4 Å². The molecule has 2 aromatic carbocycles. The van der Waals surface area contributed by atoms with E-state index in [0.29, 0.717) is 6.54 Å². The summed E-state index contributed by atoms with van der Waals surface area (Å²) in [6.45, 7) is 8.01. The molecule has 0 aromatic heterocycles. The zero-order valence-electron chi connectivity index (χ0n) is 16.0. The first-order valence-corrected chi connectivity index (χ1v) is 9.50. The molecule has 1 heterocycles. The van der Waals surface area contributed by atoms with E-state index in [4.69, 9.17) is 0 Å². The monoisotopic (exact) mass is 353 g/mol. The fraction of sp³-hybridized carbons (Fsp3) is 0.435. The van der Waals surface area contributed by atoms with Gasteiger partial charge in [0, 0.05) is 24.6 Å². The molecule has 26 heavy (non-hydrogen) atoms. The van der Waals surface area contributed by atoms with E-state index < -0.39 is 0 Å². The Bertz CT molecular complexity index is 743. The minimum Gasteiger partial charge on any atom is -0.338 e. The Morgan fingerprint density at radius 3 is 2.27 bits per heavy atom. The third-order valence-electron chi connectivity index (χ3n) is 5.30. The first kappa shape index (κ1) is 18.6. The molecule has 0 bridgehead atoms. The molecular formula is C23H28FNO. The molecule has 1 atom stereocenters. The summed E-state index contributed by atoms with van der Waals surface area (Å²) in [4.78, 5) is 15.0. The van der Waals surface area contributed by atoms with Gasteiger partial charge in [-0.3, -0.25) is 4.79 Å². The largest absolute Gasteiger partial charge is 0.338 e. The van der Waals surface area contributed by atoms with Crippen molar-refractivity contribution in [3.63, 3.8) is 0 Å². The highest BCUT2D eigenvalue weighted by Crippen LogP contribution is 2.28. The molecule has 1 aliphatic heterocycles. The molecule has 3 rings (SSSR count). The van der Waals surface area contributed by atoms with Gasteiger partial charge in [-0.1, -0.05) is 51.5 Å². The van der Waals surface area contributed by atoms with Crippen molar-refractivity contribution in [1.29, 1.82) is 0 Å². The van der Waals surface area contributed by atoms with Gasteiger partial charge in [0.25, 0.3) is 5.91 Å². The number of rotatable bonds is 2. The van der Waals surface area contributed by atoms with Gasteiger partial charge in [-0.2, -0.15) is 0 Å². The quantitative estimate of drug-likeness (QED) is 0.695. The third kappa shape index (κ3) is 4.32. The Labute approximate surface area is 156 Å². The number of hydrogen-bond acceptors (Lipinski definition) is 1. The van der Waals surface area contributed by atoms with Gasteiger partial charge in [0.15, 0.2) is 0 Å². The third-order valence-corrected chi connectivity index (χ3v) is 5.30. The number of amides is 1. The van der Waals surface area contributed by atoms with Crippen molar-refractivity contribution in [2.75, 3.05) is 13.1 Å². The van der Waals surface area contributed by atoms with E-state index in [1.54, 1.807) is 0 Å². The van der Waals surface area contributed by atoms with Crippen LogP contribution in [0, 0.1) is 5.82 Å². The Balaban J connectivity index is 1.76. The highest BCUT2D eigenvalue weighted by atomic mass is 19.1. The SMILES string of the molecule is CC(C)(C)c1ccc(C(=O)N2CCCCC(c3ccc(F)cc3)C2)cc1. The van der Waals surface area contributed by atoms with Crippen LogP contribution in [-0.4, -0.2) is 23.9 Å². The lowest BCUT2D eigenvalue weighted by Crippen LogP contribution is -2.34. The van der Waals surface area contributed by atoms with Gasteiger partial charge in [-0.05, 0) is 53.6 Å². The van der Waals surface area contributed by atoms with E-state index in [-0.39, 0.29) is 23.1 Å². The molecule has 1 unspecified atom stereocenters. The summed E-state index contributed by atoms with van der Waals surface area (Å²) >= 11 is 0. The first-order chi connectivity index (χ1) is 12.3. The first-order valence-electron chi connectivity index (χ1n) is 9.50. The predicted molar refractivity (Wildman–Crippen MR) is 104 cm³/mol. The maximum absolute atomic E-state index is 13.2. The van der Waals surface area contributed by atoms with E-state index in [2.05, 4.69) is 32.9 Å². The van der Waals surface area contributed by atoms with Crippen LogP contribution in [0.4, 0.5) is 4.39 Å². The summed E-state index contributed by atoms with van der Waals surface area (Å²) in [5, 5.41) is 0. The molecule has 1 amide bonds. The Kier molecular flexibility index (Phi) is 5.45. The van der Waals surface area contributed by atoms with Gasteiger partial charge in [0.1, 0.15) is 5.82 Å². The molecule has 2 aromatic rings. The molecule has 1 saturated heterocycles. The maximum atomic E-state index is 13.2. The number of hydrogen-bond donors (Lipinski definition) is 0. The lowest BCUT2D eigenvalue weighted by Gasteiger charge is -2.25. The Morgan fingerprint density at radius 2 is 1.65 bits per heavy atom. The maximum Gasteiger partial charge on any atom is 0.253 e. The van der Waals surface area contributed by atoms with E-state index in [0.717, 1.165) is 36.9 Å². The van der Waals surface area contributed by atoms with Gasteiger partial charge in [-0.15, -0.1) is 0 Å². The van der Waals surface area contributed by atoms with Crippen molar-refractivity contribution in [3.05, 3.63) is 71.0 Å². The molecule has 0 N–H and O–H groups in total. The summed E-state index contributed by atoms with van der Waals surface area (Å²) in [6, 6.07) is 14.7. The average Bonchev–Trinajstić information content (AvgIpc) is 2.87. The van der Waals surface area contributed by atoms with E-state index in [9.17, 15) is 9.18 Å². The fourth-order valence-corrected chi connectivity index (χ4v) is 3.63. The van der Waals surface area contributed by atoms with Gasteiger partial charge in [0.05, 0.1) is 0 Å². The second-order valence-electron chi connectivity index (χ2n) is 8.32. The van der Waals surface area contributed by atoms with Crippen molar-refractivity contribution in [2.45, 2.75) is 51.4 Å². The van der Waals surface area contributed by atoms with Gasteiger partial charge in [0.2, 0.25) is 0 Å². The Morgan fingerprint density at radius 1 is 1.00 bits per heavy atom. The zero-order chi connectivity index (χ0) is 18.7. The van der Waals surface area contributed by atoms with E-state index in [1.807, 2.05) is 29.2 Å². The number of likely N-dealkylation sites (tertiary alicyclic amines) is 1. The molecule has 1 fully saturated rings. The van der Waals surface area contributed by atoms with Crippen LogP contribution in [0.3, 0.4) is 0 Å². The minimum atomic E-state index is -0.214. The average molecular weight is 353 g/mol. The van der Waals surface area contributed by atoms with Crippen LogP contribution in [0.2, 0.25) is 0 Å². The molecule has 0 spiro atoms. The van der Waals surface area contributed by atoms with E-state index in [1.165, 1.54) is 17.7 Å². The summed E-state index contributed by atoms with van der Waals surface area (Å²) in [6.07, 6.45) is 3.15. The lowest BCUT2D eigenvalue weighted by molar-refractivity contribution is 0.0754. The minimum absolute atomic E-state index is 0.0812. The predicted octanol–water partition coefficient (Wildman–Crippen LogP) is 5.53. The topological polar surface area (TPSA) is 20.3 Å². The smallest absolute Gasteiger partial charge is 0.253 e. The van der Waals surface area contributed by atoms with Crippen molar-refractivity contribution < 1.29 is 9.18 Å². The van der Waals surface area contributed by atoms with Crippen LogP contribution < -0.4 is 0 Å². The zero-order valence-corrected chi connectivity index (χ0v) is 16.0. The summed E-state index contributed by atoms with van der Waals surface area (Å²) in [7, 11) is 0. The lowest BCUT2D eigenvalue weighted by atomic mass is 9.86. The molecule has 0 saturated carbocycles. The second-order valence-corrected chi connectivity index (χ2v) is 8.32. The number of halogens is 1. The van der Waals surface area contributed by atoms with Crippen molar-refractivity contribution in [1.82, 2.24) is 4.90 Å². The van der Waals surface area contributed by atoms with Crippen LogP contribution >= 0.6 is 0 Å². The summed E-state index contributed by atoms with van der Waals surface area (Å²) in [5.74, 6) is 0.157. The van der Waals surface area contributed by atoms with Crippen molar-refractivity contribution in [2.24, 2.45) is 0 Å². The number of carbonyl (C=O) groups excluding carboxylic acids is 1. The molecule has 3 heteroatoms. The Hall–Kier alpha value is -2.16. The van der Waals surface area contributed by atoms with Gasteiger partial charge < -0.3 is 4.90 Å². The number of nitrogens with zero attached hydrogens (tertiary/aromatic N) is 1. The standard InChI is InChI=1S/C23H28FNO/c1-23(2,3)20-11-7-18(8-12-20)22(26)25-15-5-4-6-19(16-25)17-9-13-21(24)14-10-17/h7-14,19H,4-6,15-16H2,1-3H3. The van der Waals surface area contributed by atoms with Crippen LogP contribution in [-0.2, 0) is 5.41 Å². The summed E-state index contributed by atoms with van der Waals surface area (Å²) < 4.78 is 13.2. The fourth-order valence-electron chi connectivity index (χ4n) is 3.63. The highest BCUT2D eigenvalue weighted by molar-refractivity contribution is 5.94. The molecule has 0 radical (unpaired) electrons. The van der Waals surface area contributed by atoms with Crippen LogP contribution in [0.15, 0.2) is 48.5 Å².